The lowest BCUT2D eigenvalue weighted by atomic mass is 9.82. The minimum atomic E-state index is -4.46. The summed E-state index contributed by atoms with van der Waals surface area (Å²) in [6, 6.07) is 13.2. The van der Waals surface area contributed by atoms with Gasteiger partial charge in [0.1, 0.15) is 6.61 Å². The molecule has 0 atom stereocenters. The lowest BCUT2D eigenvalue weighted by Crippen LogP contribution is -2.56. The summed E-state index contributed by atoms with van der Waals surface area (Å²) in [7, 11) is 0. The number of halogens is 4. The van der Waals surface area contributed by atoms with Crippen molar-refractivity contribution in [2.75, 3.05) is 32.8 Å². The van der Waals surface area contributed by atoms with Crippen LogP contribution in [0.1, 0.15) is 61.0 Å². The summed E-state index contributed by atoms with van der Waals surface area (Å²) in [5.41, 5.74) is 1.84. The Bertz CT molecular complexity index is 1410. The number of rotatable bonds is 6. The molecule has 2 aliphatic rings. The highest BCUT2D eigenvalue weighted by Crippen LogP contribution is 2.35. The predicted octanol–water partition coefficient (Wildman–Crippen LogP) is 7.16. The van der Waals surface area contributed by atoms with E-state index in [0.29, 0.717) is 36.6 Å². The smallest absolute Gasteiger partial charge is 0.396 e. The zero-order valence-electron chi connectivity index (χ0n) is 23.3. The second kappa shape index (κ2) is 12.1. The molecule has 0 spiro atoms. The van der Waals surface area contributed by atoms with Crippen LogP contribution in [0.4, 0.5) is 13.2 Å². The molecule has 0 bridgehead atoms. The van der Waals surface area contributed by atoms with Gasteiger partial charge in [0.25, 0.3) is 5.91 Å². The van der Waals surface area contributed by atoms with Gasteiger partial charge < -0.3 is 9.74 Å². The van der Waals surface area contributed by atoms with Crippen molar-refractivity contribution in [3.63, 3.8) is 0 Å². The number of pyridine rings is 1. The van der Waals surface area contributed by atoms with E-state index < -0.39 is 11.7 Å². The lowest BCUT2D eigenvalue weighted by Gasteiger charge is -2.49. The molecule has 2 aromatic carbocycles. The lowest BCUT2D eigenvalue weighted by molar-refractivity contribution is -0.137. The number of likely N-dealkylation sites (tertiary alicyclic amines) is 2. The fourth-order valence-corrected chi connectivity index (χ4v) is 6.26. The molecule has 3 aromatic rings. The Labute approximate surface area is 246 Å². The van der Waals surface area contributed by atoms with E-state index in [0.717, 1.165) is 66.7 Å². The minimum Gasteiger partial charge on any atom is -0.396 e. The van der Waals surface area contributed by atoms with Gasteiger partial charge in [0, 0.05) is 40.6 Å². The van der Waals surface area contributed by atoms with E-state index in [1.807, 2.05) is 24.0 Å². The van der Waals surface area contributed by atoms with Crippen molar-refractivity contribution >= 4 is 38.5 Å². The van der Waals surface area contributed by atoms with E-state index in [4.69, 9.17) is 4.84 Å². The first-order valence-corrected chi connectivity index (χ1v) is 14.8. The van der Waals surface area contributed by atoms with Gasteiger partial charge in [-0.2, -0.15) is 13.2 Å². The van der Waals surface area contributed by atoms with E-state index in [9.17, 15) is 18.0 Å². The number of carbonyl (C=O) groups excluding carboxylic acids is 1. The number of hydrogen-bond donors (Lipinski definition) is 0. The largest absolute Gasteiger partial charge is 0.416 e. The first-order valence-electron chi connectivity index (χ1n) is 14.0. The van der Waals surface area contributed by atoms with E-state index >= 15 is 0 Å². The van der Waals surface area contributed by atoms with Gasteiger partial charge in [0.05, 0.1) is 22.4 Å². The summed E-state index contributed by atoms with van der Waals surface area (Å²) in [5, 5.41) is 4.94. The molecule has 218 valence electrons. The van der Waals surface area contributed by atoms with E-state index in [2.05, 4.69) is 50.0 Å². The van der Waals surface area contributed by atoms with Crippen LogP contribution in [0, 0.1) is 5.92 Å². The third-order valence-corrected chi connectivity index (χ3v) is 9.03. The number of oxime groups is 1. The molecule has 6 nitrogen and oxygen atoms in total. The molecule has 10 heteroatoms. The minimum absolute atomic E-state index is 0.0293. The number of benzene rings is 2. The highest BCUT2D eigenvalue weighted by molar-refractivity contribution is 9.10. The van der Waals surface area contributed by atoms with Gasteiger partial charge in [-0.3, -0.25) is 14.7 Å². The molecule has 0 radical (unpaired) electrons. The van der Waals surface area contributed by atoms with Crippen LogP contribution in [0.5, 0.6) is 0 Å². The second-order valence-corrected chi connectivity index (χ2v) is 12.0. The van der Waals surface area contributed by atoms with Crippen LogP contribution >= 0.6 is 15.9 Å². The summed E-state index contributed by atoms with van der Waals surface area (Å²) < 4.78 is 40.5. The highest BCUT2D eigenvalue weighted by Gasteiger charge is 2.39. The molecule has 2 fully saturated rings. The quantitative estimate of drug-likeness (QED) is 0.214. The van der Waals surface area contributed by atoms with Crippen molar-refractivity contribution in [3.05, 3.63) is 75.9 Å². The number of fused-ring (bicyclic) bond motifs is 1. The molecule has 0 aliphatic carbocycles. The van der Waals surface area contributed by atoms with E-state index in [1.165, 1.54) is 12.3 Å². The highest BCUT2D eigenvalue weighted by atomic mass is 79.9. The number of piperidine rings is 2. The molecule has 0 N–H and O–H groups in total. The SMILES string of the molecule is CCON=C(c1ccc(Br)cc1)C1CCN(C2(C)CCN(C(=O)c3ccnc4cc(C(F)(F)F)ccc34)CC2)CC1. The molecule has 3 heterocycles. The van der Waals surface area contributed by atoms with Crippen molar-refractivity contribution in [1.82, 2.24) is 14.8 Å². The molecular formula is C31H34BrF3N4O2. The summed E-state index contributed by atoms with van der Waals surface area (Å²) in [4.78, 5) is 27.4. The van der Waals surface area contributed by atoms with Crippen molar-refractivity contribution in [2.45, 2.75) is 51.2 Å². The van der Waals surface area contributed by atoms with Gasteiger partial charge in [0.15, 0.2) is 0 Å². The number of hydrogen-bond acceptors (Lipinski definition) is 5. The standard InChI is InChI=1S/C31H34BrF3N4O2/c1-3-41-37-28(21-4-7-24(32)8-5-21)22-11-16-39(17-12-22)30(2)13-18-38(19-14-30)29(40)26-10-15-36-27-20-23(31(33,34)35)6-9-25(26)27/h4-10,15,20,22H,3,11-14,16-19H2,1-2H3. The van der Waals surface area contributed by atoms with Crippen LogP contribution in [0.25, 0.3) is 10.9 Å². The molecule has 2 saturated heterocycles. The van der Waals surface area contributed by atoms with Crippen molar-refractivity contribution < 1.29 is 22.8 Å². The van der Waals surface area contributed by atoms with E-state index in [1.54, 1.807) is 6.07 Å². The fourth-order valence-electron chi connectivity index (χ4n) is 6.00. The number of aromatic nitrogens is 1. The summed E-state index contributed by atoms with van der Waals surface area (Å²) >= 11 is 3.50. The molecule has 5 rings (SSSR count). The molecule has 0 unspecified atom stereocenters. The summed E-state index contributed by atoms with van der Waals surface area (Å²) in [6.45, 7) is 7.80. The zero-order valence-corrected chi connectivity index (χ0v) is 24.8. The fraction of sp³-hybridized carbons (Fsp3) is 0.452. The van der Waals surface area contributed by atoms with Crippen LogP contribution in [0.2, 0.25) is 0 Å². The van der Waals surface area contributed by atoms with Gasteiger partial charge in [-0.05, 0) is 88.5 Å². The summed E-state index contributed by atoms with van der Waals surface area (Å²) in [6.07, 6.45) is 0.560. The topological polar surface area (TPSA) is 58.0 Å². The molecule has 0 saturated carbocycles. The van der Waals surface area contributed by atoms with Crippen LogP contribution in [-0.4, -0.2) is 64.7 Å². The number of amides is 1. The maximum atomic E-state index is 13.5. The average molecular weight is 632 g/mol. The van der Waals surface area contributed by atoms with Gasteiger partial charge in [-0.1, -0.05) is 39.3 Å². The van der Waals surface area contributed by atoms with Crippen molar-refractivity contribution in [1.29, 1.82) is 0 Å². The first kappa shape index (κ1) is 29.5. The van der Waals surface area contributed by atoms with Gasteiger partial charge in [0.2, 0.25) is 0 Å². The van der Waals surface area contributed by atoms with E-state index in [-0.39, 0.29) is 17.0 Å². The van der Waals surface area contributed by atoms with Gasteiger partial charge in [-0.15, -0.1) is 0 Å². The molecule has 1 aromatic heterocycles. The molecule has 1 amide bonds. The third-order valence-electron chi connectivity index (χ3n) is 8.51. The van der Waals surface area contributed by atoms with Gasteiger partial charge >= 0.3 is 6.18 Å². The maximum Gasteiger partial charge on any atom is 0.416 e. The Morgan fingerprint density at radius 1 is 1.07 bits per heavy atom. The van der Waals surface area contributed by atoms with Gasteiger partial charge in [-0.25, -0.2) is 0 Å². The Kier molecular flexibility index (Phi) is 8.70. The Balaban J connectivity index is 1.23. The second-order valence-electron chi connectivity index (χ2n) is 11.0. The first-order chi connectivity index (χ1) is 19.6. The zero-order chi connectivity index (χ0) is 29.2. The van der Waals surface area contributed by atoms with Crippen molar-refractivity contribution in [3.8, 4) is 0 Å². The number of carbonyl (C=O) groups is 1. The Morgan fingerprint density at radius 3 is 2.39 bits per heavy atom. The van der Waals surface area contributed by atoms with Crippen LogP contribution in [-0.2, 0) is 11.0 Å². The number of alkyl halides is 3. The predicted molar refractivity (Wildman–Crippen MR) is 157 cm³/mol. The third kappa shape index (κ3) is 6.43. The van der Waals surface area contributed by atoms with Crippen LogP contribution in [0.3, 0.4) is 0 Å². The number of nitrogens with zero attached hydrogens (tertiary/aromatic N) is 4. The van der Waals surface area contributed by atoms with Crippen LogP contribution < -0.4 is 0 Å². The Hall–Kier alpha value is -2.98. The summed E-state index contributed by atoms with van der Waals surface area (Å²) in [5.74, 6) is 0.145. The van der Waals surface area contributed by atoms with Crippen LogP contribution in [0.15, 0.2) is 64.4 Å². The molecule has 41 heavy (non-hydrogen) atoms. The molecular weight excluding hydrogens is 597 g/mol. The monoisotopic (exact) mass is 630 g/mol. The normalized spacial score (nSPS) is 19.0. The average Bonchev–Trinajstić information content (AvgIpc) is 2.97. The maximum absolute atomic E-state index is 13.5. The molecule has 2 aliphatic heterocycles. The van der Waals surface area contributed by atoms with Crippen molar-refractivity contribution in [2.24, 2.45) is 11.1 Å². The Morgan fingerprint density at radius 2 is 1.76 bits per heavy atom.